The normalized spacial score (nSPS) is 10.4. The second-order valence-electron chi connectivity index (χ2n) is 4.85. The second kappa shape index (κ2) is 6.88. The van der Waals surface area contributed by atoms with Crippen LogP contribution in [0, 0.1) is 0 Å². The minimum Gasteiger partial charge on any atom is -0.465 e. The number of ether oxygens (including phenoxy) is 1. The Morgan fingerprint density at radius 1 is 1.10 bits per heavy atom. The average Bonchev–Trinajstić information content (AvgIpc) is 2.53. The molecule has 0 aliphatic heterocycles. The highest BCUT2D eigenvalue weighted by atomic mass is 16.5. The van der Waals surface area contributed by atoms with Crippen molar-refractivity contribution < 1.29 is 14.3 Å². The third kappa shape index (κ3) is 3.40. The van der Waals surface area contributed by atoms with E-state index in [-0.39, 0.29) is 5.91 Å². The Hall–Kier alpha value is -2.36. The van der Waals surface area contributed by atoms with Crippen LogP contribution >= 0.6 is 0 Å². The summed E-state index contributed by atoms with van der Waals surface area (Å²) < 4.78 is 4.78. The van der Waals surface area contributed by atoms with Gasteiger partial charge in [0.1, 0.15) is 0 Å². The highest BCUT2D eigenvalue weighted by molar-refractivity contribution is 6.09. The van der Waals surface area contributed by atoms with Gasteiger partial charge in [-0.3, -0.25) is 4.79 Å². The van der Waals surface area contributed by atoms with Crippen molar-refractivity contribution in [1.29, 1.82) is 0 Å². The molecule has 4 nitrogen and oxygen atoms in total. The summed E-state index contributed by atoms with van der Waals surface area (Å²) in [4.78, 5) is 24.2. The smallest absolute Gasteiger partial charge is 0.338 e. The van der Waals surface area contributed by atoms with Gasteiger partial charge in [-0.05, 0) is 29.3 Å². The summed E-state index contributed by atoms with van der Waals surface area (Å²) in [5, 5.41) is 4.66. The number of nitrogens with one attached hydrogen (secondary N) is 1. The van der Waals surface area contributed by atoms with Crippen molar-refractivity contribution in [1.82, 2.24) is 5.32 Å². The molecule has 0 spiro atoms. The van der Waals surface area contributed by atoms with E-state index in [0.717, 1.165) is 23.6 Å². The van der Waals surface area contributed by atoms with Crippen molar-refractivity contribution >= 4 is 22.6 Å². The van der Waals surface area contributed by atoms with Crippen molar-refractivity contribution in [2.45, 2.75) is 19.8 Å². The summed E-state index contributed by atoms with van der Waals surface area (Å²) in [6.45, 7) is 2.66. The largest absolute Gasteiger partial charge is 0.465 e. The number of fused-ring (bicyclic) bond motifs is 1. The highest BCUT2D eigenvalue weighted by Gasteiger charge is 2.18. The lowest BCUT2D eigenvalue weighted by Gasteiger charge is -2.10. The molecule has 0 radical (unpaired) electrons. The fraction of sp³-hybridized carbons (Fsp3) is 0.294. The minimum absolute atomic E-state index is 0.241. The number of hydrogen-bond acceptors (Lipinski definition) is 3. The molecule has 0 unspecified atom stereocenters. The van der Waals surface area contributed by atoms with Crippen LogP contribution in [0.2, 0.25) is 0 Å². The summed E-state index contributed by atoms with van der Waals surface area (Å²) in [5.41, 5.74) is 0.654. The molecule has 110 valence electrons. The third-order valence-corrected chi connectivity index (χ3v) is 3.35. The van der Waals surface area contributed by atoms with Gasteiger partial charge in [0.05, 0.1) is 18.2 Å². The molecule has 0 fully saturated rings. The third-order valence-electron chi connectivity index (χ3n) is 3.35. The molecule has 0 bridgehead atoms. The number of esters is 1. The van der Waals surface area contributed by atoms with Crippen LogP contribution in [0.25, 0.3) is 10.8 Å². The Morgan fingerprint density at radius 2 is 1.71 bits per heavy atom. The van der Waals surface area contributed by atoms with Gasteiger partial charge in [-0.1, -0.05) is 37.6 Å². The maximum atomic E-state index is 12.3. The van der Waals surface area contributed by atoms with Crippen LogP contribution in [0.15, 0.2) is 36.4 Å². The quantitative estimate of drug-likeness (QED) is 0.678. The van der Waals surface area contributed by atoms with Crippen molar-refractivity contribution in [3.8, 4) is 0 Å². The molecule has 4 heteroatoms. The zero-order valence-electron chi connectivity index (χ0n) is 12.3. The molecule has 1 N–H and O–H groups in total. The number of unbranched alkanes of at least 4 members (excludes halogenated alkanes) is 1. The van der Waals surface area contributed by atoms with E-state index in [0.29, 0.717) is 17.7 Å². The molecular weight excluding hydrogens is 266 g/mol. The van der Waals surface area contributed by atoms with Gasteiger partial charge in [-0.25, -0.2) is 4.79 Å². The van der Waals surface area contributed by atoms with E-state index in [1.54, 1.807) is 12.1 Å². The number of carbonyl (C=O) groups excluding carboxylic acids is 2. The summed E-state index contributed by atoms with van der Waals surface area (Å²) in [7, 11) is 1.32. The number of carbonyl (C=O) groups is 2. The molecule has 0 aromatic heterocycles. The summed E-state index contributed by atoms with van der Waals surface area (Å²) in [6, 6.07) is 11.1. The highest BCUT2D eigenvalue weighted by Crippen LogP contribution is 2.21. The molecule has 2 rings (SSSR count). The van der Waals surface area contributed by atoms with E-state index >= 15 is 0 Å². The van der Waals surface area contributed by atoms with Gasteiger partial charge in [0.15, 0.2) is 0 Å². The summed E-state index contributed by atoms with van der Waals surface area (Å²) in [5.74, 6) is -0.740. The van der Waals surface area contributed by atoms with Crippen LogP contribution in [0.1, 0.15) is 40.5 Å². The number of methoxy groups -OCH3 is 1. The standard InChI is InChI=1S/C17H19NO3/c1-3-4-9-18-16(19)14-10-12-7-5-6-8-13(12)11-15(14)17(20)21-2/h5-8,10-11H,3-4,9H2,1-2H3,(H,18,19). The molecular formula is C17H19NO3. The molecule has 0 aliphatic carbocycles. The maximum absolute atomic E-state index is 12.3. The first-order valence-electron chi connectivity index (χ1n) is 7.06. The maximum Gasteiger partial charge on any atom is 0.338 e. The number of hydrogen-bond donors (Lipinski definition) is 1. The van der Waals surface area contributed by atoms with Crippen LogP contribution in [0.5, 0.6) is 0 Å². The van der Waals surface area contributed by atoms with Gasteiger partial charge < -0.3 is 10.1 Å². The zero-order valence-corrected chi connectivity index (χ0v) is 12.3. The van der Waals surface area contributed by atoms with Crippen molar-refractivity contribution in [2.75, 3.05) is 13.7 Å². The first kappa shape index (κ1) is 15.0. The first-order chi connectivity index (χ1) is 10.2. The van der Waals surface area contributed by atoms with E-state index in [1.165, 1.54) is 7.11 Å². The van der Waals surface area contributed by atoms with Crippen molar-refractivity contribution in [2.24, 2.45) is 0 Å². The summed E-state index contributed by atoms with van der Waals surface area (Å²) in [6.07, 6.45) is 1.91. The van der Waals surface area contributed by atoms with E-state index in [4.69, 9.17) is 4.74 Å². The van der Waals surface area contributed by atoms with Gasteiger partial charge in [0, 0.05) is 6.54 Å². The topological polar surface area (TPSA) is 55.4 Å². The van der Waals surface area contributed by atoms with Gasteiger partial charge in [0.25, 0.3) is 5.91 Å². The molecule has 0 saturated heterocycles. The van der Waals surface area contributed by atoms with Gasteiger partial charge in [0.2, 0.25) is 0 Å². The van der Waals surface area contributed by atoms with E-state index in [2.05, 4.69) is 12.2 Å². The van der Waals surface area contributed by atoms with Crippen LogP contribution < -0.4 is 5.32 Å². The summed E-state index contributed by atoms with van der Waals surface area (Å²) >= 11 is 0. The van der Waals surface area contributed by atoms with Gasteiger partial charge in [-0.2, -0.15) is 0 Å². The predicted octanol–water partition coefficient (Wildman–Crippen LogP) is 3.16. The Bertz CT molecular complexity index is 664. The van der Waals surface area contributed by atoms with E-state index in [1.807, 2.05) is 24.3 Å². The molecule has 2 aromatic rings. The molecule has 0 atom stereocenters. The van der Waals surface area contributed by atoms with Gasteiger partial charge >= 0.3 is 5.97 Å². The fourth-order valence-corrected chi connectivity index (χ4v) is 2.18. The van der Waals surface area contributed by atoms with Gasteiger partial charge in [-0.15, -0.1) is 0 Å². The first-order valence-corrected chi connectivity index (χ1v) is 7.06. The molecule has 2 aromatic carbocycles. The van der Waals surface area contributed by atoms with Crippen molar-refractivity contribution in [3.05, 3.63) is 47.5 Å². The lowest BCUT2D eigenvalue weighted by atomic mass is 10.00. The number of rotatable bonds is 5. The van der Waals surface area contributed by atoms with Crippen LogP contribution in [0.4, 0.5) is 0 Å². The Morgan fingerprint density at radius 3 is 2.29 bits per heavy atom. The van der Waals surface area contributed by atoms with Crippen LogP contribution in [-0.2, 0) is 4.74 Å². The molecule has 0 aliphatic rings. The van der Waals surface area contributed by atoms with E-state index in [9.17, 15) is 9.59 Å². The van der Waals surface area contributed by atoms with Crippen LogP contribution in [0.3, 0.4) is 0 Å². The predicted molar refractivity (Wildman–Crippen MR) is 82.5 cm³/mol. The zero-order chi connectivity index (χ0) is 15.2. The Kier molecular flexibility index (Phi) is 4.93. The Labute approximate surface area is 124 Å². The molecule has 21 heavy (non-hydrogen) atoms. The lowest BCUT2D eigenvalue weighted by Crippen LogP contribution is -2.26. The SMILES string of the molecule is CCCCNC(=O)c1cc2ccccc2cc1C(=O)OC. The lowest BCUT2D eigenvalue weighted by molar-refractivity contribution is 0.0596. The van der Waals surface area contributed by atoms with Crippen molar-refractivity contribution in [3.63, 3.8) is 0 Å². The average molecular weight is 285 g/mol. The number of benzene rings is 2. The minimum atomic E-state index is -0.499. The monoisotopic (exact) mass is 285 g/mol. The second-order valence-corrected chi connectivity index (χ2v) is 4.85. The molecule has 1 amide bonds. The fourth-order valence-electron chi connectivity index (χ4n) is 2.18. The molecule has 0 heterocycles. The van der Waals surface area contributed by atoms with Crippen LogP contribution in [-0.4, -0.2) is 25.5 Å². The molecule has 0 saturated carbocycles. The Balaban J connectivity index is 2.43. The number of amides is 1. The van der Waals surface area contributed by atoms with E-state index < -0.39 is 5.97 Å².